The van der Waals surface area contributed by atoms with E-state index in [-0.39, 0.29) is 12.6 Å². The van der Waals surface area contributed by atoms with Crippen LogP contribution in [-0.2, 0) is 13.0 Å². The highest BCUT2D eigenvalue weighted by atomic mass is 16.3. The molecule has 0 spiro atoms. The summed E-state index contributed by atoms with van der Waals surface area (Å²) in [4.78, 5) is 0. The van der Waals surface area contributed by atoms with Gasteiger partial charge in [-0.25, -0.2) is 0 Å². The highest BCUT2D eigenvalue weighted by Gasteiger charge is 2.20. The average molecular weight is 168 g/mol. The molecule has 0 amide bonds. The number of nitrogens with two attached hydrogens (primary N) is 1. The lowest BCUT2D eigenvalue weighted by molar-refractivity contribution is 0.260. The standard InChI is InChI=1S/C7H12N4O/c8-5(4-12)7-10-9-6-2-1-3-11(6)7/h5,12H,1-4,8H2. The maximum absolute atomic E-state index is 8.83. The van der Waals surface area contributed by atoms with Gasteiger partial charge in [-0.3, -0.25) is 0 Å². The number of aromatic nitrogens is 3. The normalized spacial score (nSPS) is 17.8. The third-order valence-electron chi connectivity index (χ3n) is 2.17. The van der Waals surface area contributed by atoms with Gasteiger partial charge in [-0.05, 0) is 6.42 Å². The number of aliphatic hydroxyl groups is 1. The van der Waals surface area contributed by atoms with Gasteiger partial charge in [0.2, 0.25) is 0 Å². The van der Waals surface area contributed by atoms with Crippen LogP contribution in [0.3, 0.4) is 0 Å². The van der Waals surface area contributed by atoms with Crippen LogP contribution in [0.4, 0.5) is 0 Å². The van der Waals surface area contributed by atoms with E-state index in [0.29, 0.717) is 5.82 Å². The Morgan fingerprint density at radius 1 is 1.58 bits per heavy atom. The third-order valence-corrected chi connectivity index (χ3v) is 2.17. The number of hydrogen-bond donors (Lipinski definition) is 2. The maximum Gasteiger partial charge on any atom is 0.152 e. The Labute approximate surface area is 70.2 Å². The van der Waals surface area contributed by atoms with Crippen LogP contribution in [0.25, 0.3) is 0 Å². The smallest absolute Gasteiger partial charge is 0.152 e. The van der Waals surface area contributed by atoms with Crippen LogP contribution in [0, 0.1) is 0 Å². The Hall–Kier alpha value is -0.940. The summed E-state index contributed by atoms with van der Waals surface area (Å²) >= 11 is 0. The zero-order valence-corrected chi connectivity index (χ0v) is 6.77. The minimum Gasteiger partial charge on any atom is -0.394 e. The van der Waals surface area contributed by atoms with Gasteiger partial charge in [-0.15, -0.1) is 10.2 Å². The minimum atomic E-state index is -0.385. The lowest BCUT2D eigenvalue weighted by Crippen LogP contribution is -2.19. The van der Waals surface area contributed by atoms with Crippen LogP contribution in [-0.4, -0.2) is 26.5 Å². The topological polar surface area (TPSA) is 77.0 Å². The Morgan fingerprint density at radius 3 is 3.17 bits per heavy atom. The van der Waals surface area contributed by atoms with Crippen molar-refractivity contribution in [3.8, 4) is 0 Å². The molecule has 1 aliphatic rings. The Morgan fingerprint density at radius 2 is 2.42 bits per heavy atom. The molecule has 2 rings (SSSR count). The number of nitrogens with zero attached hydrogens (tertiary/aromatic N) is 3. The monoisotopic (exact) mass is 168 g/mol. The molecule has 0 aliphatic carbocycles. The molecule has 0 fully saturated rings. The molecule has 0 aromatic carbocycles. The molecule has 1 aromatic rings. The fraction of sp³-hybridized carbons (Fsp3) is 0.714. The summed E-state index contributed by atoms with van der Waals surface area (Å²) in [5, 5.41) is 16.8. The van der Waals surface area contributed by atoms with Gasteiger partial charge in [0.15, 0.2) is 5.82 Å². The molecule has 1 aliphatic heterocycles. The van der Waals surface area contributed by atoms with E-state index in [1.165, 1.54) is 0 Å². The third kappa shape index (κ3) is 1.02. The number of aliphatic hydroxyl groups excluding tert-OH is 1. The van der Waals surface area contributed by atoms with Gasteiger partial charge in [-0.1, -0.05) is 0 Å². The second-order valence-electron chi connectivity index (χ2n) is 3.02. The molecule has 1 atom stereocenters. The zero-order chi connectivity index (χ0) is 8.55. The lowest BCUT2D eigenvalue weighted by atomic mass is 10.3. The van der Waals surface area contributed by atoms with Gasteiger partial charge in [0.05, 0.1) is 12.6 Å². The van der Waals surface area contributed by atoms with E-state index in [0.717, 1.165) is 25.2 Å². The average Bonchev–Trinajstić information content (AvgIpc) is 2.62. The summed E-state index contributed by atoms with van der Waals surface area (Å²) in [7, 11) is 0. The van der Waals surface area contributed by atoms with Gasteiger partial charge >= 0.3 is 0 Å². The first-order valence-electron chi connectivity index (χ1n) is 4.11. The maximum atomic E-state index is 8.83. The highest BCUT2D eigenvalue weighted by Crippen LogP contribution is 2.17. The summed E-state index contributed by atoms with van der Waals surface area (Å²) in [5.41, 5.74) is 5.64. The Bertz CT molecular complexity index is 283. The van der Waals surface area contributed by atoms with Crippen molar-refractivity contribution in [2.75, 3.05) is 6.61 Å². The molecule has 5 nitrogen and oxygen atoms in total. The molecule has 0 radical (unpaired) electrons. The largest absolute Gasteiger partial charge is 0.394 e. The van der Waals surface area contributed by atoms with E-state index >= 15 is 0 Å². The molecular weight excluding hydrogens is 156 g/mol. The predicted octanol–water partition coefficient (Wildman–Crippen LogP) is -0.784. The van der Waals surface area contributed by atoms with Crippen LogP contribution in [0.5, 0.6) is 0 Å². The number of hydrogen-bond acceptors (Lipinski definition) is 4. The molecule has 2 heterocycles. The fourth-order valence-electron chi connectivity index (χ4n) is 1.53. The van der Waals surface area contributed by atoms with Gasteiger partial charge < -0.3 is 15.4 Å². The summed E-state index contributed by atoms with van der Waals surface area (Å²) < 4.78 is 2.00. The first-order valence-corrected chi connectivity index (χ1v) is 4.11. The van der Waals surface area contributed by atoms with Crippen molar-refractivity contribution >= 4 is 0 Å². The van der Waals surface area contributed by atoms with Crippen LogP contribution in [0.1, 0.15) is 24.1 Å². The van der Waals surface area contributed by atoms with Crippen LogP contribution in [0.15, 0.2) is 0 Å². The van der Waals surface area contributed by atoms with Crippen molar-refractivity contribution in [2.24, 2.45) is 5.73 Å². The molecular formula is C7H12N4O. The van der Waals surface area contributed by atoms with E-state index in [2.05, 4.69) is 10.2 Å². The van der Waals surface area contributed by atoms with Crippen LogP contribution < -0.4 is 5.73 Å². The van der Waals surface area contributed by atoms with Crippen LogP contribution in [0.2, 0.25) is 0 Å². The highest BCUT2D eigenvalue weighted by molar-refractivity contribution is 5.04. The Kier molecular flexibility index (Phi) is 1.82. The van der Waals surface area contributed by atoms with Crippen molar-refractivity contribution < 1.29 is 5.11 Å². The SMILES string of the molecule is NC(CO)c1nnc2n1CCC2. The molecule has 0 saturated carbocycles. The molecule has 3 N–H and O–H groups in total. The number of rotatable bonds is 2. The second-order valence-corrected chi connectivity index (χ2v) is 3.02. The summed E-state index contributed by atoms with van der Waals surface area (Å²) in [6, 6.07) is -0.385. The first kappa shape index (κ1) is 7.70. The van der Waals surface area contributed by atoms with Gasteiger partial charge in [0.1, 0.15) is 5.82 Å². The summed E-state index contributed by atoms with van der Waals surface area (Å²) in [5.74, 6) is 1.71. The molecule has 12 heavy (non-hydrogen) atoms. The summed E-state index contributed by atoms with van der Waals surface area (Å²) in [6.07, 6.45) is 2.08. The van der Waals surface area contributed by atoms with Crippen molar-refractivity contribution in [3.63, 3.8) is 0 Å². The van der Waals surface area contributed by atoms with Gasteiger partial charge in [-0.2, -0.15) is 0 Å². The van der Waals surface area contributed by atoms with Crippen LogP contribution >= 0.6 is 0 Å². The van der Waals surface area contributed by atoms with Gasteiger partial charge in [0, 0.05) is 13.0 Å². The zero-order valence-electron chi connectivity index (χ0n) is 6.77. The fourth-order valence-corrected chi connectivity index (χ4v) is 1.53. The molecule has 1 unspecified atom stereocenters. The number of fused-ring (bicyclic) bond motifs is 1. The second kappa shape index (κ2) is 2.84. The molecule has 0 bridgehead atoms. The van der Waals surface area contributed by atoms with E-state index in [1.807, 2.05) is 4.57 Å². The van der Waals surface area contributed by atoms with Crippen molar-refractivity contribution in [1.82, 2.24) is 14.8 Å². The molecule has 1 aromatic heterocycles. The molecule has 5 heteroatoms. The number of aryl methyl sites for hydroxylation is 1. The van der Waals surface area contributed by atoms with E-state index < -0.39 is 0 Å². The van der Waals surface area contributed by atoms with Crippen molar-refractivity contribution in [2.45, 2.75) is 25.4 Å². The van der Waals surface area contributed by atoms with Crippen molar-refractivity contribution in [1.29, 1.82) is 0 Å². The quantitative estimate of drug-likeness (QED) is 0.607. The lowest BCUT2D eigenvalue weighted by Gasteiger charge is -2.07. The van der Waals surface area contributed by atoms with E-state index in [9.17, 15) is 0 Å². The molecule has 66 valence electrons. The van der Waals surface area contributed by atoms with E-state index in [1.54, 1.807) is 0 Å². The first-order chi connectivity index (χ1) is 5.83. The minimum absolute atomic E-state index is 0.0713. The summed E-state index contributed by atoms with van der Waals surface area (Å²) in [6.45, 7) is 0.865. The van der Waals surface area contributed by atoms with Gasteiger partial charge in [0.25, 0.3) is 0 Å². The predicted molar refractivity (Wildman–Crippen MR) is 42.4 cm³/mol. The molecule has 0 saturated heterocycles. The van der Waals surface area contributed by atoms with E-state index in [4.69, 9.17) is 10.8 Å². The Balaban J connectivity index is 2.33. The van der Waals surface area contributed by atoms with Crippen molar-refractivity contribution in [3.05, 3.63) is 11.6 Å².